The van der Waals surface area contributed by atoms with Crippen LogP contribution in [0.4, 0.5) is 0 Å². The summed E-state index contributed by atoms with van der Waals surface area (Å²) >= 11 is 0. The Labute approximate surface area is 149 Å². The minimum Gasteiger partial charge on any atom is -0.490 e. The van der Waals surface area contributed by atoms with E-state index in [9.17, 15) is 0 Å². The monoisotopic (exact) mass is 340 g/mol. The van der Waals surface area contributed by atoms with Gasteiger partial charge in [-0.15, -0.1) is 0 Å². The highest BCUT2D eigenvalue weighted by Gasteiger charge is 2.22. The molecule has 1 unspecified atom stereocenters. The number of hydrogen-bond donors (Lipinski definition) is 2. The van der Waals surface area contributed by atoms with Crippen LogP contribution in [0.1, 0.15) is 44.2 Å². The highest BCUT2D eigenvalue weighted by Crippen LogP contribution is 2.31. The van der Waals surface area contributed by atoms with Crippen molar-refractivity contribution >= 4 is 10.9 Å². The molecule has 5 nitrogen and oxygen atoms in total. The number of rotatable bonds is 4. The Kier molecular flexibility index (Phi) is 5.13. The number of hydrogen-bond acceptors (Lipinski definition) is 5. The molecule has 0 radical (unpaired) electrons. The second kappa shape index (κ2) is 7.67. The van der Waals surface area contributed by atoms with Gasteiger partial charge in [-0.05, 0) is 76.8 Å². The van der Waals surface area contributed by atoms with Crippen molar-refractivity contribution in [2.45, 2.75) is 44.6 Å². The number of nitrogens with zero attached hydrogens (tertiary/aromatic N) is 2. The van der Waals surface area contributed by atoms with Crippen LogP contribution in [-0.2, 0) is 0 Å². The summed E-state index contributed by atoms with van der Waals surface area (Å²) in [5, 5.41) is 8.02. The lowest BCUT2D eigenvalue weighted by Crippen LogP contribution is -2.35. The fraction of sp³-hybridized carbons (Fsp3) is 0.600. The van der Waals surface area contributed by atoms with Crippen molar-refractivity contribution in [3.8, 4) is 5.75 Å². The maximum absolute atomic E-state index is 6.25. The molecule has 0 amide bonds. The molecule has 2 saturated heterocycles. The molecule has 4 rings (SSSR count). The van der Waals surface area contributed by atoms with Gasteiger partial charge in [-0.25, -0.2) is 9.97 Å². The molecule has 134 valence electrons. The number of fused-ring (bicyclic) bond motifs is 1. The lowest BCUT2D eigenvalue weighted by molar-refractivity contribution is 0.128. The van der Waals surface area contributed by atoms with Crippen molar-refractivity contribution in [3.63, 3.8) is 0 Å². The molecule has 5 heteroatoms. The second-order valence-corrected chi connectivity index (χ2v) is 7.37. The van der Waals surface area contributed by atoms with E-state index in [0.29, 0.717) is 11.8 Å². The van der Waals surface area contributed by atoms with Crippen molar-refractivity contribution in [3.05, 3.63) is 30.2 Å². The molecule has 1 aromatic carbocycles. The second-order valence-electron chi connectivity index (χ2n) is 7.37. The Morgan fingerprint density at radius 3 is 2.48 bits per heavy atom. The van der Waals surface area contributed by atoms with Crippen molar-refractivity contribution in [1.29, 1.82) is 0 Å². The zero-order chi connectivity index (χ0) is 17.1. The highest BCUT2D eigenvalue weighted by atomic mass is 16.5. The molecule has 2 aliphatic rings. The molecule has 0 bridgehead atoms. The maximum atomic E-state index is 6.25. The van der Waals surface area contributed by atoms with Gasteiger partial charge in [0, 0.05) is 17.4 Å². The largest absolute Gasteiger partial charge is 0.490 e. The van der Waals surface area contributed by atoms with E-state index in [2.05, 4.69) is 45.7 Å². The van der Waals surface area contributed by atoms with Crippen molar-refractivity contribution in [2.24, 2.45) is 5.92 Å². The van der Waals surface area contributed by atoms with Crippen LogP contribution in [0.25, 0.3) is 10.9 Å². The third-order valence-corrected chi connectivity index (χ3v) is 5.73. The predicted octanol–water partition coefficient (Wildman–Crippen LogP) is 2.86. The van der Waals surface area contributed by atoms with Gasteiger partial charge in [0.15, 0.2) is 0 Å². The minimum absolute atomic E-state index is 0.241. The van der Waals surface area contributed by atoms with Gasteiger partial charge in [-0.3, -0.25) is 0 Å². The van der Waals surface area contributed by atoms with Gasteiger partial charge in [0.2, 0.25) is 0 Å². The third kappa shape index (κ3) is 3.77. The molecule has 0 aliphatic carbocycles. The number of aromatic nitrogens is 2. The Balaban J connectivity index is 1.53. The van der Waals surface area contributed by atoms with Crippen LogP contribution in [-0.4, -0.2) is 42.3 Å². The summed E-state index contributed by atoms with van der Waals surface area (Å²) in [6.45, 7) is 6.54. The normalized spacial score (nSPS) is 21.3. The van der Waals surface area contributed by atoms with E-state index in [1.54, 1.807) is 6.33 Å². The summed E-state index contributed by atoms with van der Waals surface area (Å²) in [6.07, 6.45) is 6.63. The first-order chi connectivity index (χ1) is 12.3. The molecule has 1 atom stereocenters. The average molecular weight is 340 g/mol. The Hall–Kier alpha value is -1.72. The smallest absolute Gasteiger partial charge is 0.121 e. The molecule has 0 spiro atoms. The third-order valence-electron chi connectivity index (χ3n) is 5.73. The SMILES string of the molecule is CC(Oc1ccc2c(C3CCNCC3)ncnc2c1)C1CCNCC1. The van der Waals surface area contributed by atoms with Crippen LogP contribution in [0.15, 0.2) is 24.5 Å². The van der Waals surface area contributed by atoms with Crippen LogP contribution in [0.2, 0.25) is 0 Å². The average Bonchev–Trinajstić information content (AvgIpc) is 2.68. The molecule has 2 aliphatic heterocycles. The van der Waals surface area contributed by atoms with Crippen LogP contribution in [0.3, 0.4) is 0 Å². The van der Waals surface area contributed by atoms with E-state index in [1.807, 2.05) is 0 Å². The van der Waals surface area contributed by atoms with Gasteiger partial charge in [-0.2, -0.15) is 0 Å². The summed E-state index contributed by atoms with van der Waals surface area (Å²) in [4.78, 5) is 9.11. The lowest BCUT2D eigenvalue weighted by atomic mass is 9.92. The fourth-order valence-electron chi connectivity index (χ4n) is 4.18. The van der Waals surface area contributed by atoms with Crippen LogP contribution in [0, 0.1) is 5.92 Å². The highest BCUT2D eigenvalue weighted by molar-refractivity contribution is 5.82. The van der Waals surface area contributed by atoms with Crippen LogP contribution in [0.5, 0.6) is 5.75 Å². The fourth-order valence-corrected chi connectivity index (χ4v) is 4.18. The Morgan fingerprint density at radius 1 is 1.00 bits per heavy atom. The van der Waals surface area contributed by atoms with Gasteiger partial charge in [0.05, 0.1) is 17.3 Å². The van der Waals surface area contributed by atoms with Gasteiger partial charge in [0.1, 0.15) is 12.1 Å². The lowest BCUT2D eigenvalue weighted by Gasteiger charge is -2.28. The number of benzene rings is 1. The van der Waals surface area contributed by atoms with Crippen molar-refractivity contribution in [2.75, 3.05) is 26.2 Å². The minimum atomic E-state index is 0.241. The molecule has 25 heavy (non-hydrogen) atoms. The topological polar surface area (TPSA) is 59.1 Å². The van der Waals surface area contributed by atoms with E-state index >= 15 is 0 Å². The van der Waals surface area contributed by atoms with Crippen LogP contribution < -0.4 is 15.4 Å². The first-order valence-electron chi connectivity index (χ1n) is 9.64. The number of nitrogens with one attached hydrogen (secondary N) is 2. The predicted molar refractivity (Wildman–Crippen MR) is 100 cm³/mol. The summed E-state index contributed by atoms with van der Waals surface area (Å²) in [6, 6.07) is 6.32. The van der Waals surface area contributed by atoms with Crippen LogP contribution >= 0.6 is 0 Å². The van der Waals surface area contributed by atoms with Gasteiger partial charge >= 0.3 is 0 Å². The standard InChI is InChI=1S/C20H28N4O/c1-14(15-4-8-21-9-5-15)25-17-2-3-18-19(12-17)23-13-24-20(18)16-6-10-22-11-7-16/h2-3,12-16,21-22H,4-11H2,1H3. The van der Waals surface area contributed by atoms with Crippen molar-refractivity contribution < 1.29 is 4.74 Å². The molecule has 0 saturated carbocycles. The molecule has 3 heterocycles. The van der Waals surface area contributed by atoms with Gasteiger partial charge in [-0.1, -0.05) is 0 Å². The summed E-state index contributed by atoms with van der Waals surface area (Å²) in [7, 11) is 0. The molecule has 2 fully saturated rings. The zero-order valence-corrected chi connectivity index (χ0v) is 15.0. The van der Waals surface area contributed by atoms with E-state index in [0.717, 1.165) is 50.3 Å². The maximum Gasteiger partial charge on any atom is 0.121 e. The Bertz CT molecular complexity index is 708. The summed E-state index contributed by atoms with van der Waals surface area (Å²) < 4.78 is 6.25. The molecular weight excluding hydrogens is 312 g/mol. The summed E-state index contributed by atoms with van der Waals surface area (Å²) in [5.74, 6) is 2.09. The van der Waals surface area contributed by atoms with E-state index in [4.69, 9.17) is 4.74 Å². The van der Waals surface area contributed by atoms with Gasteiger partial charge in [0.25, 0.3) is 0 Å². The summed E-state index contributed by atoms with van der Waals surface area (Å²) in [5.41, 5.74) is 2.20. The first-order valence-corrected chi connectivity index (χ1v) is 9.64. The number of piperidine rings is 2. The van der Waals surface area contributed by atoms with E-state index in [-0.39, 0.29) is 6.10 Å². The van der Waals surface area contributed by atoms with Crippen molar-refractivity contribution in [1.82, 2.24) is 20.6 Å². The molecular formula is C20H28N4O. The quantitative estimate of drug-likeness (QED) is 0.896. The zero-order valence-electron chi connectivity index (χ0n) is 15.0. The number of ether oxygens (including phenoxy) is 1. The molecule has 2 N–H and O–H groups in total. The van der Waals surface area contributed by atoms with E-state index < -0.39 is 0 Å². The van der Waals surface area contributed by atoms with E-state index in [1.165, 1.54) is 23.9 Å². The Morgan fingerprint density at radius 2 is 1.72 bits per heavy atom. The van der Waals surface area contributed by atoms with Gasteiger partial charge < -0.3 is 15.4 Å². The molecule has 2 aromatic rings. The first kappa shape index (κ1) is 16.7. The molecule has 1 aromatic heterocycles.